The molecule has 3 N–H and O–H groups in total. The molecule has 60 heavy (non-hydrogen) atoms. The molecule has 11 nitrogen and oxygen atoms in total. The van der Waals surface area contributed by atoms with E-state index in [9.17, 15) is 22.6 Å². The molecule has 2 aliphatic heterocycles. The highest BCUT2D eigenvalue weighted by Gasteiger charge is 2.45. The van der Waals surface area contributed by atoms with Crippen LogP contribution in [0.5, 0.6) is 0 Å². The number of methoxy groups -OCH3 is 2. The lowest BCUT2D eigenvalue weighted by molar-refractivity contribution is -0.438. The summed E-state index contributed by atoms with van der Waals surface area (Å²) in [6.45, 7) is 14.9. The Morgan fingerprint density at radius 1 is 0.750 bits per heavy atom. The normalized spacial score (nSPS) is 16.5. The smallest absolute Gasteiger partial charge is 0.294 e. The second-order valence-corrected chi connectivity index (χ2v) is 18.2. The zero-order valence-corrected chi connectivity index (χ0v) is 37.8. The summed E-state index contributed by atoms with van der Waals surface area (Å²) in [6.07, 6.45) is 22.3. The van der Waals surface area contributed by atoms with E-state index in [1.165, 1.54) is 28.6 Å². The van der Waals surface area contributed by atoms with Gasteiger partial charge in [0.05, 0.1) is 10.3 Å². The van der Waals surface area contributed by atoms with Gasteiger partial charge in [0.2, 0.25) is 17.5 Å². The lowest BCUT2D eigenvalue weighted by Gasteiger charge is -2.27. The number of anilines is 1. The summed E-state index contributed by atoms with van der Waals surface area (Å²) in [4.78, 5) is 26.8. The number of aryl methyl sites for hydroxylation is 1. The van der Waals surface area contributed by atoms with Crippen molar-refractivity contribution in [2.24, 2.45) is 0 Å². The summed E-state index contributed by atoms with van der Waals surface area (Å²) in [5.41, 5.74) is 7.11. The van der Waals surface area contributed by atoms with Gasteiger partial charge in [0.1, 0.15) is 6.54 Å². The fraction of sp³-hybridized carbons (Fsp3) is 0.521. The molecular weight excluding hydrogens is 777 g/mol. The van der Waals surface area contributed by atoms with Gasteiger partial charge < -0.3 is 25.0 Å². The number of ether oxygens (including phenoxy) is 2. The molecule has 0 fully saturated rings. The molecule has 0 saturated heterocycles. The summed E-state index contributed by atoms with van der Waals surface area (Å²) in [5.74, 6) is 0.150. The minimum atomic E-state index is -4.36. The van der Waals surface area contributed by atoms with Crippen LogP contribution in [0.15, 0.2) is 89.5 Å². The minimum Gasteiger partial charge on any atom is -0.385 e. The van der Waals surface area contributed by atoms with Crippen molar-refractivity contribution in [1.82, 2.24) is 10.6 Å². The third-order valence-corrected chi connectivity index (χ3v) is 12.3. The van der Waals surface area contributed by atoms with Gasteiger partial charge in [-0.25, -0.2) is 0 Å². The molecule has 0 atom stereocenters. The fourth-order valence-corrected chi connectivity index (χ4v) is 8.61. The predicted octanol–water partition coefficient (Wildman–Crippen LogP) is 8.39. The Bertz CT molecular complexity index is 2050. The van der Waals surface area contributed by atoms with E-state index in [2.05, 4.69) is 91.2 Å². The summed E-state index contributed by atoms with van der Waals surface area (Å²) in [5, 5.41) is 5.92. The van der Waals surface area contributed by atoms with E-state index >= 15 is 0 Å². The molecule has 2 amide bonds. The molecule has 0 saturated carbocycles. The van der Waals surface area contributed by atoms with Gasteiger partial charge in [-0.05, 0) is 89.1 Å². The van der Waals surface area contributed by atoms with E-state index in [0.29, 0.717) is 45.7 Å². The first-order valence-corrected chi connectivity index (χ1v) is 23.0. The number of benzene rings is 2. The van der Waals surface area contributed by atoms with Crippen molar-refractivity contribution < 1.29 is 36.6 Å². The van der Waals surface area contributed by atoms with E-state index < -0.39 is 15.5 Å². The van der Waals surface area contributed by atoms with Crippen LogP contribution in [0.4, 0.5) is 11.4 Å². The number of amides is 2. The van der Waals surface area contributed by atoms with Crippen molar-refractivity contribution in [3.63, 3.8) is 0 Å². The maximum absolute atomic E-state index is 12.3. The van der Waals surface area contributed by atoms with Crippen LogP contribution in [0.1, 0.15) is 109 Å². The topological polar surface area (TPSA) is 137 Å². The van der Waals surface area contributed by atoms with Gasteiger partial charge in [-0.2, -0.15) is 13.0 Å². The van der Waals surface area contributed by atoms with Gasteiger partial charge in [-0.3, -0.25) is 14.1 Å². The van der Waals surface area contributed by atoms with Gasteiger partial charge in [0, 0.05) is 101 Å². The Morgan fingerprint density at radius 3 is 2.00 bits per heavy atom. The number of allylic oxidation sites excluding steroid dienone is 8. The van der Waals surface area contributed by atoms with Crippen molar-refractivity contribution in [3.05, 3.63) is 101 Å². The molecule has 2 aromatic rings. The van der Waals surface area contributed by atoms with Crippen LogP contribution in [-0.2, 0) is 40.0 Å². The van der Waals surface area contributed by atoms with E-state index in [-0.39, 0.29) is 22.1 Å². The standard InChI is InChI=1S/C48H68N4O7S/c1-37-25-27-41-39(35-37)47(2,3)43(51(41)31-17-11-15-23-45(53)49-29-19-33-58-6)21-13-9-8-10-14-22-44-48(4,5)40-36-38(60(55,56)57)26-28-42(40)52(44)32-18-12-16-24-46(54)50-30-20-34-59-7/h8-10,13-14,21-22,25-28,35-36H,11-12,15-20,23-24,29-34H2,1-7H3,(H2-,49,50,53,54,55,56,57)/p+1. The maximum atomic E-state index is 12.3. The first kappa shape index (κ1) is 48.3. The minimum absolute atomic E-state index is 0.0487. The molecule has 0 aromatic heterocycles. The van der Waals surface area contributed by atoms with Crippen LogP contribution < -0.4 is 15.5 Å². The third-order valence-electron chi connectivity index (χ3n) is 11.4. The molecule has 328 valence electrons. The number of nitrogens with one attached hydrogen (secondary N) is 2. The van der Waals surface area contributed by atoms with Crippen molar-refractivity contribution in [2.75, 3.05) is 58.5 Å². The lowest BCUT2D eigenvalue weighted by Crippen LogP contribution is -2.28. The Balaban J connectivity index is 1.44. The van der Waals surface area contributed by atoms with Gasteiger partial charge in [0.25, 0.3) is 10.1 Å². The predicted molar refractivity (Wildman–Crippen MR) is 242 cm³/mol. The van der Waals surface area contributed by atoms with Crippen LogP contribution in [0, 0.1) is 6.92 Å². The molecule has 0 radical (unpaired) electrons. The summed E-state index contributed by atoms with van der Waals surface area (Å²) >= 11 is 0. The monoisotopic (exact) mass is 845 g/mol. The molecule has 4 rings (SSSR count). The number of hydrogen-bond acceptors (Lipinski definition) is 7. The molecule has 2 heterocycles. The number of rotatable bonds is 25. The zero-order valence-electron chi connectivity index (χ0n) is 37.0. The number of hydrogen-bond donors (Lipinski definition) is 3. The quantitative estimate of drug-likeness (QED) is 0.0393. The van der Waals surface area contributed by atoms with Gasteiger partial charge >= 0.3 is 0 Å². The molecule has 2 aromatic carbocycles. The first-order valence-electron chi connectivity index (χ1n) is 21.5. The fourth-order valence-electron chi connectivity index (χ4n) is 8.10. The first-order chi connectivity index (χ1) is 28.6. The molecule has 0 unspecified atom stereocenters. The second-order valence-electron chi connectivity index (χ2n) is 16.8. The lowest BCUT2D eigenvalue weighted by atomic mass is 9.81. The van der Waals surface area contributed by atoms with E-state index in [1.807, 2.05) is 24.3 Å². The van der Waals surface area contributed by atoms with Crippen molar-refractivity contribution in [3.8, 4) is 0 Å². The van der Waals surface area contributed by atoms with E-state index in [1.54, 1.807) is 26.4 Å². The van der Waals surface area contributed by atoms with Crippen LogP contribution in [0.25, 0.3) is 0 Å². The summed E-state index contributed by atoms with van der Waals surface area (Å²) < 4.78 is 46.3. The SMILES string of the molecule is COCCCNC(=O)CCCCCN1/C(=C/C=C/C=C/C=C/C2=[N+](CCCCCC(=O)NCCCOC)c3ccc(S(=O)(=O)O)cc3C2(C)C)C(C)(C)c2cc(C)ccc21. The highest BCUT2D eigenvalue weighted by Crippen LogP contribution is 2.48. The number of fused-ring (bicyclic) bond motifs is 2. The molecule has 0 aliphatic carbocycles. The summed E-state index contributed by atoms with van der Waals surface area (Å²) in [7, 11) is -1.05. The Hall–Kier alpha value is -4.36. The average Bonchev–Trinajstić information content (AvgIpc) is 3.54. The molecule has 0 spiro atoms. The van der Waals surface area contributed by atoms with E-state index in [0.717, 1.165) is 74.9 Å². The highest BCUT2D eigenvalue weighted by molar-refractivity contribution is 7.85. The molecule has 2 aliphatic rings. The van der Waals surface area contributed by atoms with E-state index in [4.69, 9.17) is 9.47 Å². The number of carbonyl (C=O) groups is 2. The van der Waals surface area contributed by atoms with Crippen molar-refractivity contribution in [2.45, 2.75) is 115 Å². The molecular formula is C48H69N4O7S+. The number of nitrogens with zero attached hydrogens (tertiary/aromatic N) is 2. The van der Waals surface area contributed by atoms with Crippen LogP contribution in [0.2, 0.25) is 0 Å². The van der Waals surface area contributed by atoms with Crippen LogP contribution in [-0.4, -0.2) is 88.7 Å². The maximum Gasteiger partial charge on any atom is 0.294 e. The Morgan fingerprint density at radius 2 is 1.37 bits per heavy atom. The van der Waals surface area contributed by atoms with Crippen molar-refractivity contribution >= 4 is 39.0 Å². The van der Waals surface area contributed by atoms with Crippen LogP contribution >= 0.6 is 0 Å². The molecule has 0 bridgehead atoms. The second kappa shape index (κ2) is 23.0. The van der Waals surface area contributed by atoms with Crippen LogP contribution in [0.3, 0.4) is 0 Å². The van der Waals surface area contributed by atoms with Gasteiger partial charge in [-0.1, -0.05) is 68.3 Å². The largest absolute Gasteiger partial charge is 0.385 e. The third kappa shape index (κ3) is 13.3. The highest BCUT2D eigenvalue weighted by atomic mass is 32.2. The Kier molecular flexibility index (Phi) is 18.5. The van der Waals surface area contributed by atoms with Gasteiger partial charge in [-0.15, -0.1) is 0 Å². The average molecular weight is 846 g/mol. The molecule has 12 heteroatoms. The zero-order chi connectivity index (χ0) is 43.8. The Labute approximate surface area is 359 Å². The number of carbonyl (C=O) groups excluding carboxylic acids is 2. The van der Waals surface area contributed by atoms with Crippen molar-refractivity contribution in [1.29, 1.82) is 0 Å². The van der Waals surface area contributed by atoms with Gasteiger partial charge in [0.15, 0.2) is 5.71 Å². The number of unbranched alkanes of at least 4 members (excludes halogenated alkanes) is 4. The summed E-state index contributed by atoms with van der Waals surface area (Å²) in [6, 6.07) is 11.5.